The van der Waals surface area contributed by atoms with E-state index in [1.165, 1.54) is 6.92 Å². The standard InChI is InChI=1S/C6H15NO5S/c1-2-13(10,11)12-5-6(7,3-8)4-9/h8-9H,2-5,7H2,1H3. The molecule has 0 rings (SSSR count). The average molecular weight is 213 g/mol. The highest BCUT2D eigenvalue weighted by Crippen LogP contribution is 2.02. The summed E-state index contributed by atoms with van der Waals surface area (Å²) in [6, 6.07) is 0. The Kier molecular flexibility index (Phi) is 4.79. The van der Waals surface area contributed by atoms with Crippen LogP contribution in [0.5, 0.6) is 0 Å². The summed E-state index contributed by atoms with van der Waals surface area (Å²) in [6.07, 6.45) is 0. The third kappa shape index (κ3) is 4.53. The van der Waals surface area contributed by atoms with Gasteiger partial charge in [-0.3, -0.25) is 4.18 Å². The van der Waals surface area contributed by atoms with E-state index in [1.807, 2.05) is 0 Å². The van der Waals surface area contributed by atoms with E-state index in [-0.39, 0.29) is 5.75 Å². The maximum atomic E-state index is 10.8. The normalized spacial score (nSPS) is 13.2. The molecule has 7 heteroatoms. The zero-order chi connectivity index (χ0) is 10.5. The van der Waals surface area contributed by atoms with E-state index in [0.717, 1.165) is 0 Å². The summed E-state index contributed by atoms with van der Waals surface area (Å²) in [4.78, 5) is 0. The van der Waals surface area contributed by atoms with Crippen LogP contribution in [0.1, 0.15) is 6.92 Å². The Morgan fingerprint density at radius 1 is 1.38 bits per heavy atom. The highest BCUT2D eigenvalue weighted by molar-refractivity contribution is 7.86. The summed E-state index contributed by atoms with van der Waals surface area (Å²) in [5.74, 6) is -0.167. The largest absolute Gasteiger partial charge is 0.394 e. The van der Waals surface area contributed by atoms with Crippen molar-refractivity contribution in [2.24, 2.45) is 5.73 Å². The minimum absolute atomic E-state index is 0.167. The van der Waals surface area contributed by atoms with Gasteiger partial charge in [0.05, 0.1) is 31.1 Å². The van der Waals surface area contributed by atoms with Crippen LogP contribution in [-0.2, 0) is 14.3 Å². The topological polar surface area (TPSA) is 110 Å². The molecule has 0 aliphatic rings. The first-order chi connectivity index (χ1) is 5.89. The molecule has 0 aliphatic heterocycles. The van der Waals surface area contributed by atoms with Gasteiger partial charge in [-0.25, -0.2) is 0 Å². The van der Waals surface area contributed by atoms with Crippen molar-refractivity contribution < 1.29 is 22.8 Å². The molecular formula is C6H15NO5S. The second-order valence-corrected chi connectivity index (χ2v) is 4.72. The van der Waals surface area contributed by atoms with Crippen molar-refractivity contribution in [2.45, 2.75) is 12.5 Å². The first-order valence-electron chi connectivity index (χ1n) is 3.77. The Labute approximate surface area is 77.4 Å². The molecule has 4 N–H and O–H groups in total. The number of hydrogen-bond acceptors (Lipinski definition) is 6. The van der Waals surface area contributed by atoms with Crippen molar-refractivity contribution in [1.82, 2.24) is 0 Å². The summed E-state index contributed by atoms with van der Waals surface area (Å²) >= 11 is 0. The van der Waals surface area contributed by atoms with Crippen LogP contribution in [0.4, 0.5) is 0 Å². The van der Waals surface area contributed by atoms with E-state index in [4.69, 9.17) is 15.9 Å². The molecule has 0 amide bonds. The molecule has 0 aliphatic carbocycles. The first kappa shape index (κ1) is 12.8. The predicted octanol–water partition coefficient (Wildman–Crippen LogP) is -1.97. The minimum Gasteiger partial charge on any atom is -0.394 e. The van der Waals surface area contributed by atoms with Gasteiger partial charge in [0, 0.05) is 0 Å². The van der Waals surface area contributed by atoms with Gasteiger partial charge in [-0.2, -0.15) is 8.42 Å². The van der Waals surface area contributed by atoms with E-state index in [0.29, 0.717) is 0 Å². The smallest absolute Gasteiger partial charge is 0.267 e. The molecule has 0 bridgehead atoms. The van der Waals surface area contributed by atoms with Crippen molar-refractivity contribution in [2.75, 3.05) is 25.6 Å². The van der Waals surface area contributed by atoms with Crippen LogP contribution in [0.3, 0.4) is 0 Å². The summed E-state index contributed by atoms with van der Waals surface area (Å²) in [5, 5.41) is 17.4. The Balaban J connectivity index is 4.15. The van der Waals surface area contributed by atoms with Crippen molar-refractivity contribution in [3.8, 4) is 0 Å². The average Bonchev–Trinajstić information content (AvgIpc) is 2.14. The highest BCUT2D eigenvalue weighted by atomic mass is 32.2. The van der Waals surface area contributed by atoms with Gasteiger partial charge in [-0.1, -0.05) is 0 Å². The Bertz CT molecular complexity index is 233. The molecule has 80 valence electrons. The maximum Gasteiger partial charge on any atom is 0.267 e. The van der Waals surface area contributed by atoms with Gasteiger partial charge in [-0.15, -0.1) is 0 Å². The molecule has 6 nitrogen and oxygen atoms in total. The van der Waals surface area contributed by atoms with Crippen molar-refractivity contribution >= 4 is 10.1 Å². The van der Waals surface area contributed by atoms with Crippen LogP contribution in [0.2, 0.25) is 0 Å². The van der Waals surface area contributed by atoms with Gasteiger partial charge >= 0.3 is 0 Å². The van der Waals surface area contributed by atoms with Crippen molar-refractivity contribution in [1.29, 1.82) is 0 Å². The van der Waals surface area contributed by atoms with Crippen LogP contribution >= 0.6 is 0 Å². The maximum absolute atomic E-state index is 10.8. The minimum atomic E-state index is -3.58. The van der Waals surface area contributed by atoms with Crippen molar-refractivity contribution in [3.63, 3.8) is 0 Å². The number of aliphatic hydroxyl groups excluding tert-OH is 2. The Morgan fingerprint density at radius 3 is 2.15 bits per heavy atom. The van der Waals surface area contributed by atoms with Crippen LogP contribution in [0, 0.1) is 0 Å². The summed E-state index contributed by atoms with van der Waals surface area (Å²) < 4.78 is 26.1. The Hall–Kier alpha value is -0.210. The SMILES string of the molecule is CCS(=O)(=O)OCC(N)(CO)CO. The van der Waals surface area contributed by atoms with Crippen LogP contribution < -0.4 is 5.73 Å². The van der Waals surface area contributed by atoms with Gasteiger partial charge in [0.1, 0.15) is 0 Å². The van der Waals surface area contributed by atoms with Gasteiger partial charge in [-0.05, 0) is 6.92 Å². The summed E-state index contributed by atoms with van der Waals surface area (Å²) in [5.41, 5.74) is 3.97. The number of rotatable bonds is 6. The summed E-state index contributed by atoms with van der Waals surface area (Å²) in [7, 11) is -3.58. The number of aliphatic hydroxyl groups is 2. The fourth-order valence-electron chi connectivity index (χ4n) is 0.432. The molecular weight excluding hydrogens is 198 g/mol. The van der Waals surface area contributed by atoms with E-state index in [1.54, 1.807) is 0 Å². The third-order valence-corrected chi connectivity index (χ3v) is 2.69. The van der Waals surface area contributed by atoms with Crippen LogP contribution in [-0.4, -0.2) is 49.7 Å². The van der Waals surface area contributed by atoms with Crippen LogP contribution in [0.25, 0.3) is 0 Å². The van der Waals surface area contributed by atoms with Crippen LogP contribution in [0.15, 0.2) is 0 Å². The van der Waals surface area contributed by atoms with Gasteiger partial charge < -0.3 is 15.9 Å². The molecule has 0 heterocycles. The molecule has 13 heavy (non-hydrogen) atoms. The monoisotopic (exact) mass is 213 g/mol. The molecule has 0 aromatic heterocycles. The molecule has 0 spiro atoms. The fourth-order valence-corrected chi connectivity index (χ4v) is 1.01. The fraction of sp³-hybridized carbons (Fsp3) is 1.00. The quantitative estimate of drug-likeness (QED) is 0.442. The zero-order valence-electron chi connectivity index (χ0n) is 7.43. The number of nitrogens with two attached hydrogens (primary N) is 1. The molecule has 0 atom stereocenters. The molecule has 0 saturated heterocycles. The molecule has 0 unspecified atom stereocenters. The predicted molar refractivity (Wildman–Crippen MR) is 46.5 cm³/mol. The lowest BCUT2D eigenvalue weighted by atomic mass is 10.1. The van der Waals surface area contributed by atoms with Gasteiger partial charge in [0.2, 0.25) is 0 Å². The molecule has 0 fully saturated rings. The second kappa shape index (κ2) is 4.87. The van der Waals surface area contributed by atoms with E-state index in [2.05, 4.69) is 4.18 Å². The molecule has 0 aromatic carbocycles. The van der Waals surface area contributed by atoms with Gasteiger partial charge in [0.15, 0.2) is 0 Å². The second-order valence-electron chi connectivity index (χ2n) is 2.79. The highest BCUT2D eigenvalue weighted by Gasteiger charge is 2.26. The summed E-state index contributed by atoms with van der Waals surface area (Å²) in [6.45, 7) is -0.0763. The first-order valence-corrected chi connectivity index (χ1v) is 5.34. The lowest BCUT2D eigenvalue weighted by Crippen LogP contribution is -2.51. The Morgan fingerprint density at radius 2 is 1.85 bits per heavy atom. The zero-order valence-corrected chi connectivity index (χ0v) is 8.25. The molecule has 0 radical (unpaired) electrons. The van der Waals surface area contributed by atoms with Gasteiger partial charge in [0.25, 0.3) is 10.1 Å². The molecule has 0 saturated carbocycles. The van der Waals surface area contributed by atoms with E-state index < -0.39 is 35.5 Å². The van der Waals surface area contributed by atoms with Crippen molar-refractivity contribution in [3.05, 3.63) is 0 Å². The van der Waals surface area contributed by atoms with E-state index in [9.17, 15) is 8.42 Å². The number of hydrogen-bond donors (Lipinski definition) is 3. The third-order valence-electron chi connectivity index (χ3n) is 1.51. The van der Waals surface area contributed by atoms with E-state index >= 15 is 0 Å². The lowest BCUT2D eigenvalue weighted by molar-refractivity contribution is 0.0810. The molecule has 0 aromatic rings. The lowest BCUT2D eigenvalue weighted by Gasteiger charge is -2.23.